The average molecular weight is 283 g/mol. The van der Waals surface area contributed by atoms with Gasteiger partial charge in [-0.2, -0.15) is 0 Å². The van der Waals surface area contributed by atoms with Gasteiger partial charge in [-0.3, -0.25) is 9.69 Å². The Balaban J connectivity index is 1.86. The Bertz CT molecular complexity index is 324. The Morgan fingerprint density at radius 1 is 1.25 bits per heavy atom. The van der Waals surface area contributed by atoms with Crippen LogP contribution in [0.1, 0.15) is 32.6 Å². The van der Waals surface area contributed by atoms with Crippen LogP contribution in [0.3, 0.4) is 0 Å². The zero-order chi connectivity index (χ0) is 14.5. The molecule has 1 aliphatic heterocycles. The van der Waals surface area contributed by atoms with Crippen molar-refractivity contribution in [1.82, 2.24) is 9.80 Å². The third-order valence-electron chi connectivity index (χ3n) is 4.92. The Kier molecular flexibility index (Phi) is 5.81. The number of hydrogen-bond donors (Lipinski definition) is 2. The Hall–Kier alpha value is -0.650. The lowest BCUT2D eigenvalue weighted by Crippen LogP contribution is -2.44. The molecule has 0 aromatic heterocycles. The first kappa shape index (κ1) is 15.7. The molecular weight excluding hydrogens is 254 g/mol. The molecule has 0 bridgehead atoms. The molecule has 2 aliphatic rings. The lowest BCUT2D eigenvalue weighted by Gasteiger charge is -2.34. The summed E-state index contributed by atoms with van der Waals surface area (Å²) in [6.07, 6.45) is 3.91. The van der Waals surface area contributed by atoms with E-state index in [1.165, 1.54) is 0 Å². The van der Waals surface area contributed by atoms with Crippen molar-refractivity contribution >= 4 is 5.91 Å². The maximum absolute atomic E-state index is 12.6. The van der Waals surface area contributed by atoms with E-state index in [9.17, 15) is 4.79 Å². The van der Waals surface area contributed by atoms with Gasteiger partial charge in [0.25, 0.3) is 0 Å². The first-order chi connectivity index (χ1) is 9.61. The van der Waals surface area contributed by atoms with Gasteiger partial charge in [0.1, 0.15) is 0 Å². The highest BCUT2D eigenvalue weighted by Crippen LogP contribution is 2.29. The summed E-state index contributed by atoms with van der Waals surface area (Å²) in [6, 6.07) is 0.176. The van der Waals surface area contributed by atoms with Gasteiger partial charge in [0.05, 0.1) is 6.61 Å². The third-order valence-corrected chi connectivity index (χ3v) is 4.92. The second-order valence-electron chi connectivity index (χ2n) is 6.40. The normalized spacial score (nSPS) is 33.0. The fraction of sp³-hybridized carbons (Fsp3) is 0.933. The van der Waals surface area contributed by atoms with Crippen LogP contribution in [-0.4, -0.2) is 66.2 Å². The number of β-amino-alcohol motifs (C(OH)–C–C–N with tert-alkyl or cyclic N) is 1. The lowest BCUT2D eigenvalue weighted by molar-refractivity contribution is -0.136. The zero-order valence-corrected chi connectivity index (χ0v) is 12.6. The van der Waals surface area contributed by atoms with Crippen LogP contribution in [0.15, 0.2) is 0 Å². The number of rotatable bonds is 3. The monoisotopic (exact) mass is 283 g/mol. The molecule has 1 saturated heterocycles. The van der Waals surface area contributed by atoms with Crippen LogP contribution in [0.4, 0.5) is 0 Å². The zero-order valence-electron chi connectivity index (χ0n) is 12.6. The molecule has 2 fully saturated rings. The van der Waals surface area contributed by atoms with Crippen molar-refractivity contribution in [2.75, 3.05) is 39.3 Å². The Morgan fingerprint density at radius 2 is 2.05 bits per heavy atom. The highest BCUT2D eigenvalue weighted by atomic mass is 16.3. The average Bonchev–Trinajstić information content (AvgIpc) is 2.67. The third kappa shape index (κ3) is 3.93. The molecule has 1 saturated carbocycles. The van der Waals surface area contributed by atoms with Gasteiger partial charge in [-0.15, -0.1) is 0 Å². The largest absolute Gasteiger partial charge is 0.395 e. The van der Waals surface area contributed by atoms with Gasteiger partial charge < -0.3 is 15.7 Å². The van der Waals surface area contributed by atoms with Crippen LogP contribution >= 0.6 is 0 Å². The fourth-order valence-electron chi connectivity index (χ4n) is 3.40. The maximum Gasteiger partial charge on any atom is 0.225 e. The molecule has 1 aliphatic carbocycles. The van der Waals surface area contributed by atoms with E-state index in [4.69, 9.17) is 10.8 Å². The molecule has 3 N–H and O–H groups in total. The van der Waals surface area contributed by atoms with Gasteiger partial charge in [0.2, 0.25) is 5.91 Å². The van der Waals surface area contributed by atoms with Crippen LogP contribution in [0.5, 0.6) is 0 Å². The summed E-state index contributed by atoms with van der Waals surface area (Å²) in [4.78, 5) is 16.9. The summed E-state index contributed by atoms with van der Waals surface area (Å²) >= 11 is 0. The topological polar surface area (TPSA) is 69.8 Å². The minimum Gasteiger partial charge on any atom is -0.395 e. The van der Waals surface area contributed by atoms with Crippen molar-refractivity contribution in [2.24, 2.45) is 17.6 Å². The molecule has 2 rings (SSSR count). The molecule has 1 amide bonds. The molecule has 20 heavy (non-hydrogen) atoms. The number of amides is 1. The van der Waals surface area contributed by atoms with E-state index in [-0.39, 0.29) is 18.6 Å². The Labute approximate surface area is 122 Å². The number of aliphatic hydroxyl groups excluding tert-OH is 1. The van der Waals surface area contributed by atoms with Crippen molar-refractivity contribution in [2.45, 2.75) is 38.6 Å². The predicted molar refractivity (Wildman–Crippen MR) is 79.2 cm³/mol. The van der Waals surface area contributed by atoms with Crippen molar-refractivity contribution in [3.05, 3.63) is 0 Å². The molecule has 116 valence electrons. The highest BCUT2D eigenvalue weighted by molar-refractivity contribution is 5.79. The van der Waals surface area contributed by atoms with Gasteiger partial charge in [-0.05, 0) is 38.1 Å². The molecule has 0 radical (unpaired) electrons. The summed E-state index contributed by atoms with van der Waals surface area (Å²) < 4.78 is 0. The van der Waals surface area contributed by atoms with Crippen LogP contribution < -0.4 is 5.73 Å². The van der Waals surface area contributed by atoms with Crippen LogP contribution in [0.25, 0.3) is 0 Å². The first-order valence-electron chi connectivity index (χ1n) is 7.99. The fourth-order valence-corrected chi connectivity index (χ4v) is 3.40. The van der Waals surface area contributed by atoms with Gasteiger partial charge in [0.15, 0.2) is 0 Å². The van der Waals surface area contributed by atoms with E-state index in [2.05, 4.69) is 11.8 Å². The quantitative estimate of drug-likeness (QED) is 0.780. The standard InChI is InChI=1S/C15H29N3O2/c1-12-3-4-13(11-14(12)16)15(20)18-6-2-5-17(7-8-18)9-10-19/h12-14,19H,2-11,16H2,1H3. The number of hydrogen-bond acceptors (Lipinski definition) is 4. The van der Waals surface area contributed by atoms with Crippen molar-refractivity contribution in [3.63, 3.8) is 0 Å². The van der Waals surface area contributed by atoms with Crippen LogP contribution in [0, 0.1) is 11.8 Å². The summed E-state index contributed by atoms with van der Waals surface area (Å²) in [5.74, 6) is 0.979. The SMILES string of the molecule is CC1CCC(C(=O)N2CCCN(CCO)CC2)CC1N. The van der Waals surface area contributed by atoms with E-state index >= 15 is 0 Å². The molecule has 5 heteroatoms. The smallest absolute Gasteiger partial charge is 0.225 e. The number of nitrogens with two attached hydrogens (primary N) is 1. The van der Waals surface area contributed by atoms with E-state index in [1.807, 2.05) is 4.90 Å². The van der Waals surface area contributed by atoms with E-state index in [1.54, 1.807) is 0 Å². The number of carbonyl (C=O) groups excluding carboxylic acids is 1. The van der Waals surface area contributed by atoms with Crippen LogP contribution in [-0.2, 0) is 4.79 Å². The molecule has 0 aromatic rings. The van der Waals surface area contributed by atoms with Crippen molar-refractivity contribution in [1.29, 1.82) is 0 Å². The summed E-state index contributed by atoms with van der Waals surface area (Å²) in [7, 11) is 0. The molecule has 0 spiro atoms. The van der Waals surface area contributed by atoms with Gasteiger partial charge in [-0.25, -0.2) is 0 Å². The van der Waals surface area contributed by atoms with Gasteiger partial charge in [-0.1, -0.05) is 6.92 Å². The predicted octanol–water partition coefficient (Wildman–Crippen LogP) is 0.277. The molecular formula is C15H29N3O2. The number of carbonyl (C=O) groups is 1. The van der Waals surface area contributed by atoms with Gasteiger partial charge >= 0.3 is 0 Å². The summed E-state index contributed by atoms with van der Waals surface area (Å²) in [5, 5.41) is 9.01. The second kappa shape index (κ2) is 7.38. The molecule has 0 aromatic carbocycles. The minimum atomic E-state index is 0.130. The van der Waals surface area contributed by atoms with Crippen LogP contribution in [0.2, 0.25) is 0 Å². The van der Waals surface area contributed by atoms with Crippen molar-refractivity contribution in [3.8, 4) is 0 Å². The summed E-state index contributed by atoms with van der Waals surface area (Å²) in [6.45, 7) is 6.59. The van der Waals surface area contributed by atoms with E-state index < -0.39 is 0 Å². The minimum absolute atomic E-state index is 0.130. The van der Waals surface area contributed by atoms with Gasteiger partial charge in [0, 0.05) is 38.1 Å². The van der Waals surface area contributed by atoms with E-state index in [0.29, 0.717) is 18.4 Å². The molecule has 3 atom stereocenters. The van der Waals surface area contributed by atoms with E-state index in [0.717, 1.165) is 51.9 Å². The molecule has 1 heterocycles. The summed E-state index contributed by atoms with van der Waals surface area (Å²) in [5.41, 5.74) is 6.12. The lowest BCUT2D eigenvalue weighted by atomic mass is 9.79. The second-order valence-corrected chi connectivity index (χ2v) is 6.40. The number of aliphatic hydroxyl groups is 1. The molecule has 3 unspecified atom stereocenters. The Morgan fingerprint density at radius 3 is 2.75 bits per heavy atom. The molecule has 5 nitrogen and oxygen atoms in total. The maximum atomic E-state index is 12.6. The first-order valence-corrected chi connectivity index (χ1v) is 7.99. The van der Waals surface area contributed by atoms with Crippen molar-refractivity contribution < 1.29 is 9.90 Å². The number of nitrogens with zero attached hydrogens (tertiary/aromatic N) is 2. The highest BCUT2D eigenvalue weighted by Gasteiger charge is 2.32.